The summed E-state index contributed by atoms with van der Waals surface area (Å²) < 4.78 is 1.22. The van der Waals surface area contributed by atoms with Gasteiger partial charge < -0.3 is 5.32 Å². The van der Waals surface area contributed by atoms with Crippen LogP contribution in [0.4, 0.5) is 0 Å². The van der Waals surface area contributed by atoms with E-state index < -0.39 is 0 Å². The third kappa shape index (κ3) is 4.66. The van der Waals surface area contributed by atoms with Gasteiger partial charge in [0, 0.05) is 6.04 Å². The Hall–Kier alpha value is 0.140. The molecule has 0 amide bonds. The SMILES string of the molecule is CNC(CCC(C)(C)C)c1csc(Br)c1. The highest BCUT2D eigenvalue weighted by atomic mass is 79.9. The molecule has 0 aromatic carbocycles. The molecule has 0 fully saturated rings. The van der Waals surface area contributed by atoms with Crippen LogP contribution < -0.4 is 5.32 Å². The molecule has 1 nitrogen and oxygen atoms in total. The van der Waals surface area contributed by atoms with Crippen LogP contribution in [0, 0.1) is 5.41 Å². The van der Waals surface area contributed by atoms with Gasteiger partial charge in [0.15, 0.2) is 0 Å². The number of hydrogen-bond donors (Lipinski definition) is 1. The second kappa shape index (κ2) is 5.46. The van der Waals surface area contributed by atoms with Gasteiger partial charge in [-0.3, -0.25) is 0 Å². The Morgan fingerprint density at radius 1 is 1.47 bits per heavy atom. The molecule has 1 N–H and O–H groups in total. The Kier molecular flexibility index (Phi) is 4.81. The molecule has 0 spiro atoms. The fourth-order valence-electron chi connectivity index (χ4n) is 1.56. The van der Waals surface area contributed by atoms with Gasteiger partial charge in [-0.05, 0) is 58.2 Å². The molecule has 1 rings (SSSR count). The lowest BCUT2D eigenvalue weighted by Crippen LogP contribution is -2.18. The number of halogens is 1. The maximum absolute atomic E-state index is 3.51. The van der Waals surface area contributed by atoms with Crippen LogP contribution in [0.2, 0.25) is 0 Å². The summed E-state index contributed by atoms with van der Waals surface area (Å²) in [5.74, 6) is 0. The molecule has 1 atom stereocenters. The zero-order valence-corrected chi connectivity index (χ0v) is 12.3. The Labute approximate surface area is 105 Å². The lowest BCUT2D eigenvalue weighted by atomic mass is 9.87. The summed E-state index contributed by atoms with van der Waals surface area (Å²) in [6, 6.07) is 2.71. The number of nitrogens with one attached hydrogen (secondary N) is 1. The average molecular weight is 290 g/mol. The van der Waals surface area contributed by atoms with Crippen LogP contribution in [0.25, 0.3) is 0 Å². The number of rotatable bonds is 4. The van der Waals surface area contributed by atoms with Crippen molar-refractivity contribution in [1.82, 2.24) is 5.32 Å². The summed E-state index contributed by atoms with van der Waals surface area (Å²) in [6.07, 6.45) is 2.44. The van der Waals surface area contributed by atoms with E-state index in [0.717, 1.165) is 0 Å². The van der Waals surface area contributed by atoms with Crippen molar-refractivity contribution in [3.63, 3.8) is 0 Å². The van der Waals surface area contributed by atoms with Crippen molar-refractivity contribution in [2.45, 2.75) is 39.7 Å². The third-order valence-electron chi connectivity index (χ3n) is 2.52. The smallest absolute Gasteiger partial charge is 0.0701 e. The van der Waals surface area contributed by atoms with Crippen LogP contribution in [-0.4, -0.2) is 7.05 Å². The van der Waals surface area contributed by atoms with Crippen molar-refractivity contribution in [3.8, 4) is 0 Å². The average Bonchev–Trinajstić information content (AvgIpc) is 2.51. The maximum atomic E-state index is 3.51. The first-order valence-corrected chi connectivity index (χ1v) is 7.01. The highest BCUT2D eigenvalue weighted by Crippen LogP contribution is 2.30. The molecule has 0 aliphatic heterocycles. The fourth-order valence-corrected chi connectivity index (χ4v) is 2.79. The van der Waals surface area contributed by atoms with Crippen molar-refractivity contribution in [3.05, 3.63) is 20.8 Å². The van der Waals surface area contributed by atoms with E-state index in [0.29, 0.717) is 11.5 Å². The van der Waals surface area contributed by atoms with Gasteiger partial charge in [-0.15, -0.1) is 11.3 Å². The van der Waals surface area contributed by atoms with Crippen LogP contribution in [0.5, 0.6) is 0 Å². The standard InChI is InChI=1S/C12H20BrNS/c1-12(2,3)6-5-10(14-4)9-7-11(13)15-8-9/h7-8,10,14H,5-6H2,1-4H3. The molecule has 1 unspecified atom stereocenters. The van der Waals surface area contributed by atoms with E-state index in [9.17, 15) is 0 Å². The summed E-state index contributed by atoms with van der Waals surface area (Å²) in [4.78, 5) is 0. The van der Waals surface area contributed by atoms with Gasteiger partial charge in [0.05, 0.1) is 3.79 Å². The molecule has 0 bridgehead atoms. The second-order valence-electron chi connectivity index (χ2n) is 5.12. The van der Waals surface area contributed by atoms with Crippen molar-refractivity contribution < 1.29 is 0 Å². The summed E-state index contributed by atoms with van der Waals surface area (Å²) >= 11 is 5.27. The van der Waals surface area contributed by atoms with E-state index in [1.807, 2.05) is 7.05 Å². The fraction of sp³-hybridized carbons (Fsp3) is 0.667. The van der Waals surface area contributed by atoms with Crippen LogP contribution >= 0.6 is 27.3 Å². The summed E-state index contributed by atoms with van der Waals surface area (Å²) in [5, 5.41) is 5.62. The van der Waals surface area contributed by atoms with Gasteiger partial charge in [-0.1, -0.05) is 20.8 Å². The molecule has 1 aromatic rings. The molecular formula is C12H20BrNS. The highest BCUT2D eigenvalue weighted by molar-refractivity contribution is 9.11. The Morgan fingerprint density at radius 3 is 2.53 bits per heavy atom. The van der Waals surface area contributed by atoms with E-state index in [4.69, 9.17) is 0 Å². The van der Waals surface area contributed by atoms with Crippen molar-refractivity contribution >= 4 is 27.3 Å². The Bertz CT molecular complexity index is 301. The largest absolute Gasteiger partial charge is 0.313 e. The summed E-state index contributed by atoms with van der Waals surface area (Å²) in [6.45, 7) is 6.88. The number of thiophene rings is 1. The predicted octanol–water partition coefficient (Wildman–Crippen LogP) is 4.60. The molecular weight excluding hydrogens is 270 g/mol. The van der Waals surface area contributed by atoms with E-state index in [1.54, 1.807) is 11.3 Å². The van der Waals surface area contributed by atoms with Crippen molar-refractivity contribution in [2.24, 2.45) is 5.41 Å². The zero-order valence-electron chi connectivity index (χ0n) is 9.93. The first-order chi connectivity index (χ1) is 6.92. The lowest BCUT2D eigenvalue weighted by Gasteiger charge is -2.22. The molecule has 0 radical (unpaired) electrons. The zero-order chi connectivity index (χ0) is 11.5. The minimum atomic E-state index is 0.419. The molecule has 0 aliphatic carbocycles. The molecule has 86 valence electrons. The highest BCUT2D eigenvalue weighted by Gasteiger charge is 2.16. The van der Waals surface area contributed by atoms with Gasteiger partial charge in [0.1, 0.15) is 0 Å². The van der Waals surface area contributed by atoms with Gasteiger partial charge in [0.2, 0.25) is 0 Å². The van der Waals surface area contributed by atoms with Crippen LogP contribution in [-0.2, 0) is 0 Å². The molecule has 1 heterocycles. The predicted molar refractivity (Wildman–Crippen MR) is 72.5 cm³/mol. The maximum Gasteiger partial charge on any atom is 0.0701 e. The normalized spacial score (nSPS) is 14.2. The molecule has 0 aliphatic rings. The quantitative estimate of drug-likeness (QED) is 0.854. The van der Waals surface area contributed by atoms with Gasteiger partial charge in [-0.25, -0.2) is 0 Å². The first-order valence-electron chi connectivity index (χ1n) is 5.33. The van der Waals surface area contributed by atoms with E-state index >= 15 is 0 Å². The minimum absolute atomic E-state index is 0.419. The van der Waals surface area contributed by atoms with E-state index in [1.165, 1.54) is 22.2 Å². The topological polar surface area (TPSA) is 12.0 Å². The van der Waals surface area contributed by atoms with Crippen molar-refractivity contribution in [1.29, 1.82) is 0 Å². The summed E-state index contributed by atoms with van der Waals surface area (Å²) in [7, 11) is 2.04. The van der Waals surface area contributed by atoms with Crippen LogP contribution in [0.3, 0.4) is 0 Å². The number of hydrogen-bond acceptors (Lipinski definition) is 2. The Balaban J connectivity index is 2.57. The van der Waals surface area contributed by atoms with Crippen LogP contribution in [0.1, 0.15) is 45.2 Å². The molecule has 0 saturated heterocycles. The molecule has 1 aromatic heterocycles. The monoisotopic (exact) mass is 289 g/mol. The second-order valence-corrected chi connectivity index (χ2v) is 7.42. The Morgan fingerprint density at radius 2 is 2.13 bits per heavy atom. The minimum Gasteiger partial charge on any atom is -0.313 e. The molecule has 0 saturated carbocycles. The van der Waals surface area contributed by atoms with Gasteiger partial charge >= 0.3 is 0 Å². The van der Waals surface area contributed by atoms with E-state index in [-0.39, 0.29) is 0 Å². The lowest BCUT2D eigenvalue weighted by molar-refractivity contribution is 0.338. The van der Waals surface area contributed by atoms with E-state index in [2.05, 4.69) is 53.5 Å². The van der Waals surface area contributed by atoms with Gasteiger partial charge in [-0.2, -0.15) is 0 Å². The first kappa shape index (κ1) is 13.2. The molecule has 15 heavy (non-hydrogen) atoms. The third-order valence-corrected chi connectivity index (χ3v) is 4.04. The van der Waals surface area contributed by atoms with Crippen molar-refractivity contribution in [2.75, 3.05) is 7.05 Å². The van der Waals surface area contributed by atoms with Crippen LogP contribution in [0.15, 0.2) is 15.2 Å². The van der Waals surface area contributed by atoms with Gasteiger partial charge in [0.25, 0.3) is 0 Å². The summed E-state index contributed by atoms with van der Waals surface area (Å²) in [5.41, 5.74) is 1.82. The molecule has 3 heteroatoms.